The average Bonchev–Trinajstić information content (AvgIpc) is 2.35. The van der Waals surface area contributed by atoms with Crippen molar-refractivity contribution in [3.05, 3.63) is 15.1 Å². The minimum absolute atomic E-state index is 0.551. The van der Waals surface area contributed by atoms with E-state index in [2.05, 4.69) is 25.1 Å². The van der Waals surface area contributed by atoms with E-state index in [0.29, 0.717) is 5.92 Å². The first-order chi connectivity index (χ1) is 5.63. The summed E-state index contributed by atoms with van der Waals surface area (Å²) in [6.07, 6.45) is 0. The van der Waals surface area contributed by atoms with Crippen LogP contribution in [0.1, 0.15) is 44.1 Å². The Bertz CT molecular complexity index is 270. The Kier molecular flexibility index (Phi) is 5.42. The molecule has 0 fully saturated rings. The van der Waals surface area contributed by atoms with Gasteiger partial charge in [-0.1, -0.05) is 51.4 Å². The average molecular weight is 203 g/mol. The van der Waals surface area contributed by atoms with Crippen LogP contribution >= 0.6 is 23.8 Å². The molecule has 70 valence electrons. The van der Waals surface area contributed by atoms with Crippen LogP contribution in [0.4, 0.5) is 0 Å². The molecule has 0 saturated carbocycles. The van der Waals surface area contributed by atoms with E-state index in [4.69, 9.17) is 12.2 Å². The highest BCUT2D eigenvalue weighted by atomic mass is 32.1. The Morgan fingerprint density at radius 3 is 2.00 bits per heavy atom. The van der Waals surface area contributed by atoms with Crippen molar-refractivity contribution in [3.63, 3.8) is 0 Å². The van der Waals surface area contributed by atoms with E-state index >= 15 is 0 Å². The maximum Gasteiger partial charge on any atom is 0.117 e. The van der Waals surface area contributed by atoms with Gasteiger partial charge in [-0.25, -0.2) is 0 Å². The lowest BCUT2D eigenvalue weighted by molar-refractivity contribution is 0.857. The maximum absolute atomic E-state index is 5.10. The number of hydrogen-bond donors (Lipinski definition) is 1. The number of nitrogens with one attached hydrogen (secondary N) is 1. The van der Waals surface area contributed by atoms with Crippen molar-refractivity contribution >= 4 is 23.8 Å². The summed E-state index contributed by atoms with van der Waals surface area (Å²) in [6.45, 7) is 10.4. The minimum Gasteiger partial charge on any atom is -0.302 e. The van der Waals surface area contributed by atoms with Crippen LogP contribution in [0.15, 0.2) is 0 Å². The van der Waals surface area contributed by atoms with E-state index in [-0.39, 0.29) is 0 Å². The Hall–Kier alpha value is -0.150. The summed E-state index contributed by atoms with van der Waals surface area (Å²) in [6, 6.07) is 0. The van der Waals surface area contributed by atoms with Gasteiger partial charge < -0.3 is 4.37 Å². The van der Waals surface area contributed by atoms with Gasteiger partial charge >= 0.3 is 0 Å². The van der Waals surface area contributed by atoms with Crippen LogP contribution in [0.2, 0.25) is 0 Å². The van der Waals surface area contributed by atoms with Gasteiger partial charge in [0.1, 0.15) is 4.64 Å². The smallest absolute Gasteiger partial charge is 0.117 e. The van der Waals surface area contributed by atoms with Gasteiger partial charge in [0.05, 0.1) is 0 Å². The Morgan fingerprint density at radius 1 is 1.33 bits per heavy atom. The molecule has 0 bridgehead atoms. The molecule has 1 aromatic heterocycles. The molecule has 0 saturated heterocycles. The maximum atomic E-state index is 5.10. The second kappa shape index (κ2) is 5.49. The van der Waals surface area contributed by atoms with Crippen LogP contribution in [0, 0.1) is 11.6 Å². The normalized spacial score (nSPS) is 9.50. The lowest BCUT2D eigenvalue weighted by atomic mass is 10.1. The van der Waals surface area contributed by atoms with Gasteiger partial charge in [-0.3, -0.25) is 0 Å². The van der Waals surface area contributed by atoms with Crippen LogP contribution in [-0.2, 0) is 0 Å². The second-order valence-corrected chi connectivity index (χ2v) is 4.09. The molecule has 1 N–H and O–H groups in total. The summed E-state index contributed by atoms with van der Waals surface area (Å²) in [7, 11) is 0. The monoisotopic (exact) mass is 203 g/mol. The first-order valence-corrected chi connectivity index (χ1v) is 5.53. The number of rotatable bonds is 1. The summed E-state index contributed by atoms with van der Waals surface area (Å²) < 4.78 is 3.99. The van der Waals surface area contributed by atoms with E-state index in [9.17, 15) is 0 Å². The molecular weight excluding hydrogens is 186 g/mol. The zero-order valence-electron chi connectivity index (χ0n) is 8.39. The van der Waals surface area contributed by atoms with Crippen LogP contribution in [0.5, 0.6) is 0 Å². The van der Waals surface area contributed by atoms with Crippen molar-refractivity contribution in [1.82, 2.24) is 4.37 Å². The van der Waals surface area contributed by atoms with Crippen LogP contribution in [0.25, 0.3) is 0 Å². The number of H-pyrrole nitrogens is 1. The highest BCUT2D eigenvalue weighted by molar-refractivity contribution is 7.71. The Labute approximate surface area is 84.0 Å². The van der Waals surface area contributed by atoms with Crippen molar-refractivity contribution < 1.29 is 0 Å². The van der Waals surface area contributed by atoms with E-state index < -0.39 is 0 Å². The SMILES string of the molecule is CC.Cc1s[nH]c(=S)c1C(C)C. The molecule has 1 rings (SSSR count). The molecule has 0 aliphatic carbocycles. The van der Waals surface area contributed by atoms with Crippen LogP contribution in [0.3, 0.4) is 0 Å². The molecule has 1 heterocycles. The lowest BCUT2D eigenvalue weighted by Crippen LogP contribution is -1.86. The Morgan fingerprint density at radius 2 is 1.83 bits per heavy atom. The Balaban J connectivity index is 0.000000561. The fraction of sp³-hybridized carbons (Fsp3) is 0.667. The van der Waals surface area contributed by atoms with Crippen LogP contribution < -0.4 is 0 Å². The van der Waals surface area contributed by atoms with Crippen molar-refractivity contribution in [2.24, 2.45) is 0 Å². The van der Waals surface area contributed by atoms with Gasteiger partial charge in [0.25, 0.3) is 0 Å². The molecule has 3 heteroatoms. The third kappa shape index (κ3) is 2.72. The zero-order valence-corrected chi connectivity index (χ0v) is 10.0. The highest BCUT2D eigenvalue weighted by Gasteiger charge is 2.06. The predicted octanol–water partition coefficient (Wildman–Crippen LogP) is 4.26. The predicted molar refractivity (Wildman–Crippen MR) is 59.7 cm³/mol. The topological polar surface area (TPSA) is 15.8 Å². The number of aryl methyl sites for hydroxylation is 1. The first-order valence-electron chi connectivity index (χ1n) is 4.31. The van der Waals surface area contributed by atoms with E-state index in [1.54, 1.807) is 11.5 Å². The fourth-order valence-corrected chi connectivity index (χ4v) is 2.44. The van der Waals surface area contributed by atoms with Gasteiger partial charge in [0.2, 0.25) is 0 Å². The summed E-state index contributed by atoms with van der Waals surface area (Å²) in [5.74, 6) is 0.551. The fourth-order valence-electron chi connectivity index (χ4n) is 1.06. The summed E-state index contributed by atoms with van der Waals surface area (Å²) >= 11 is 6.73. The molecular formula is C9H17NS2. The number of aromatic nitrogens is 1. The van der Waals surface area contributed by atoms with Crippen LogP contribution in [-0.4, -0.2) is 4.37 Å². The van der Waals surface area contributed by atoms with Gasteiger partial charge in [-0.15, -0.1) is 0 Å². The van der Waals surface area contributed by atoms with Gasteiger partial charge in [0, 0.05) is 10.4 Å². The molecule has 1 aromatic rings. The van der Waals surface area contributed by atoms with E-state index in [1.807, 2.05) is 13.8 Å². The van der Waals surface area contributed by atoms with Crippen molar-refractivity contribution in [2.45, 2.75) is 40.5 Å². The standard InChI is InChI=1S/C7H11NS2.C2H6/c1-4(2)6-5(3)10-8-7(6)9;1-2/h4H,1-3H3,(H,8,9);1-2H3. The van der Waals surface area contributed by atoms with E-state index in [0.717, 1.165) is 4.64 Å². The largest absolute Gasteiger partial charge is 0.302 e. The van der Waals surface area contributed by atoms with Gasteiger partial charge in [-0.05, 0) is 12.8 Å². The quantitative estimate of drug-likeness (QED) is 0.674. The van der Waals surface area contributed by atoms with Gasteiger partial charge in [0.15, 0.2) is 0 Å². The highest BCUT2D eigenvalue weighted by Crippen LogP contribution is 2.22. The molecule has 1 nitrogen and oxygen atoms in total. The van der Waals surface area contributed by atoms with Crippen molar-refractivity contribution in [3.8, 4) is 0 Å². The molecule has 0 aliphatic rings. The molecule has 0 unspecified atom stereocenters. The van der Waals surface area contributed by atoms with Crippen molar-refractivity contribution in [2.75, 3.05) is 0 Å². The first kappa shape index (κ1) is 11.8. The minimum atomic E-state index is 0.551. The molecule has 0 radical (unpaired) electrons. The lowest BCUT2D eigenvalue weighted by Gasteiger charge is -2.00. The molecule has 0 spiro atoms. The zero-order chi connectivity index (χ0) is 9.72. The molecule has 12 heavy (non-hydrogen) atoms. The van der Waals surface area contributed by atoms with E-state index in [1.165, 1.54) is 10.4 Å². The van der Waals surface area contributed by atoms with Gasteiger partial charge in [-0.2, -0.15) is 0 Å². The number of hydrogen-bond acceptors (Lipinski definition) is 2. The third-order valence-electron chi connectivity index (χ3n) is 1.50. The summed E-state index contributed by atoms with van der Waals surface area (Å²) in [5.41, 5.74) is 1.31. The summed E-state index contributed by atoms with van der Waals surface area (Å²) in [5, 5.41) is 0. The molecule has 0 amide bonds. The number of aromatic amines is 1. The summed E-state index contributed by atoms with van der Waals surface area (Å²) in [4.78, 5) is 1.32. The van der Waals surface area contributed by atoms with Crippen molar-refractivity contribution in [1.29, 1.82) is 0 Å². The second-order valence-electron chi connectivity index (χ2n) is 2.66. The molecule has 0 atom stereocenters. The third-order valence-corrected chi connectivity index (χ3v) is 2.78. The molecule has 0 aromatic carbocycles. The molecule has 0 aliphatic heterocycles.